The van der Waals surface area contributed by atoms with Gasteiger partial charge in [-0.25, -0.2) is 4.79 Å². The zero-order chi connectivity index (χ0) is 16.1. The van der Waals surface area contributed by atoms with E-state index in [1.54, 1.807) is 11.3 Å². The van der Waals surface area contributed by atoms with E-state index in [-0.39, 0.29) is 0 Å². The van der Waals surface area contributed by atoms with Gasteiger partial charge in [0, 0.05) is 16.3 Å². The van der Waals surface area contributed by atoms with Crippen LogP contribution in [-0.2, 0) is 4.84 Å². The van der Waals surface area contributed by atoms with Gasteiger partial charge >= 0.3 is 6.09 Å². The Bertz CT molecular complexity index is 709. The predicted octanol–water partition coefficient (Wildman–Crippen LogP) is 5.11. The van der Waals surface area contributed by atoms with E-state index in [0.717, 1.165) is 33.4 Å². The molecule has 0 radical (unpaired) electrons. The molecule has 0 atom stereocenters. The van der Waals surface area contributed by atoms with Crippen LogP contribution in [0, 0.1) is 6.92 Å². The molecule has 0 spiro atoms. The van der Waals surface area contributed by atoms with Crippen molar-refractivity contribution in [1.29, 1.82) is 0 Å². The van der Waals surface area contributed by atoms with Crippen LogP contribution in [0.3, 0.4) is 0 Å². The molecule has 2 rings (SSSR count). The highest BCUT2D eigenvalue weighted by molar-refractivity contribution is 7.21. The summed E-state index contributed by atoms with van der Waals surface area (Å²) in [6.45, 7) is 6.51. The number of hydrogen-bond acceptors (Lipinski definition) is 4. The number of benzene rings is 1. The van der Waals surface area contributed by atoms with Crippen LogP contribution >= 0.6 is 22.9 Å². The molecule has 1 aromatic heterocycles. The highest BCUT2D eigenvalue weighted by atomic mass is 35.5. The van der Waals surface area contributed by atoms with Gasteiger partial charge in [0.25, 0.3) is 0 Å². The maximum atomic E-state index is 11.5. The fourth-order valence-corrected chi connectivity index (χ4v) is 3.39. The van der Waals surface area contributed by atoms with Crippen molar-refractivity contribution in [2.75, 3.05) is 6.54 Å². The first-order valence-corrected chi connectivity index (χ1v) is 8.40. The van der Waals surface area contributed by atoms with Gasteiger partial charge < -0.3 is 5.32 Å². The molecule has 0 aliphatic heterocycles. The van der Waals surface area contributed by atoms with Crippen LogP contribution in [0.15, 0.2) is 23.4 Å². The molecule has 0 fully saturated rings. The number of carbonyl (C=O) groups is 1. The molecule has 1 N–H and O–H groups in total. The van der Waals surface area contributed by atoms with Crippen LogP contribution in [0.2, 0.25) is 5.02 Å². The Morgan fingerprint density at radius 2 is 2.23 bits per heavy atom. The van der Waals surface area contributed by atoms with Crippen molar-refractivity contribution in [3.63, 3.8) is 0 Å². The summed E-state index contributed by atoms with van der Waals surface area (Å²) in [4.78, 5) is 17.4. The lowest BCUT2D eigenvalue weighted by molar-refractivity contribution is 0.150. The number of carbonyl (C=O) groups excluding carboxylic acids is 1. The van der Waals surface area contributed by atoms with Crippen LogP contribution in [0.25, 0.3) is 10.1 Å². The summed E-state index contributed by atoms with van der Waals surface area (Å²) in [5, 5.41) is 8.41. The third-order valence-electron chi connectivity index (χ3n) is 3.29. The fraction of sp³-hybridized carbons (Fsp3) is 0.375. The normalized spacial score (nSPS) is 11.7. The molecule has 118 valence electrons. The Morgan fingerprint density at radius 1 is 1.45 bits per heavy atom. The van der Waals surface area contributed by atoms with Gasteiger partial charge in [0.2, 0.25) is 0 Å². The molecule has 0 unspecified atom stereocenters. The molecule has 0 saturated carbocycles. The molecular formula is C16H19ClN2O2S. The standard InChI is InChI=1S/C16H19ClN2O2S/c1-4-5-8-18-16(20)21-19-11(3)15-10(2)13-9-12(17)6-7-14(13)22-15/h6-7,9H,4-5,8H2,1-3H3,(H,18,20). The van der Waals surface area contributed by atoms with Gasteiger partial charge in [0.1, 0.15) is 0 Å². The largest absolute Gasteiger partial charge is 0.433 e. The minimum absolute atomic E-state index is 0.519. The molecule has 0 aliphatic rings. The van der Waals surface area contributed by atoms with Crippen molar-refractivity contribution < 1.29 is 9.63 Å². The quantitative estimate of drug-likeness (QED) is 0.356. The average molecular weight is 339 g/mol. The van der Waals surface area contributed by atoms with E-state index in [9.17, 15) is 4.79 Å². The van der Waals surface area contributed by atoms with E-state index in [2.05, 4.69) is 17.4 Å². The van der Waals surface area contributed by atoms with Gasteiger partial charge in [-0.15, -0.1) is 11.3 Å². The highest BCUT2D eigenvalue weighted by Gasteiger charge is 2.12. The second-order valence-electron chi connectivity index (χ2n) is 5.03. The number of oxime groups is 1. The van der Waals surface area contributed by atoms with Crippen LogP contribution in [0.4, 0.5) is 4.79 Å². The lowest BCUT2D eigenvalue weighted by Crippen LogP contribution is -2.24. The molecule has 1 aromatic carbocycles. The molecule has 6 heteroatoms. The maximum Gasteiger partial charge on any atom is 0.433 e. The zero-order valence-corrected chi connectivity index (χ0v) is 14.5. The molecule has 1 heterocycles. The Kier molecular flexibility index (Phi) is 5.80. The van der Waals surface area contributed by atoms with E-state index < -0.39 is 6.09 Å². The number of halogens is 1. The maximum absolute atomic E-state index is 11.5. The first-order chi connectivity index (χ1) is 10.5. The lowest BCUT2D eigenvalue weighted by atomic mass is 10.1. The SMILES string of the molecule is CCCCNC(=O)ON=C(C)c1sc2ccc(Cl)cc2c1C. The summed E-state index contributed by atoms with van der Waals surface area (Å²) >= 11 is 7.65. The second-order valence-corrected chi connectivity index (χ2v) is 6.52. The summed E-state index contributed by atoms with van der Waals surface area (Å²) < 4.78 is 1.14. The molecule has 0 aliphatic carbocycles. The highest BCUT2D eigenvalue weighted by Crippen LogP contribution is 2.33. The van der Waals surface area contributed by atoms with Crippen LogP contribution in [-0.4, -0.2) is 18.3 Å². The Hall–Kier alpha value is -1.59. The lowest BCUT2D eigenvalue weighted by Gasteiger charge is -2.02. The van der Waals surface area contributed by atoms with E-state index in [0.29, 0.717) is 17.3 Å². The smallest absolute Gasteiger partial charge is 0.320 e. The number of nitrogens with one attached hydrogen (secondary N) is 1. The van der Waals surface area contributed by atoms with E-state index in [1.807, 2.05) is 32.0 Å². The third-order valence-corrected chi connectivity index (χ3v) is 4.91. The van der Waals surface area contributed by atoms with Gasteiger partial charge in [-0.3, -0.25) is 4.84 Å². The third kappa shape index (κ3) is 3.99. The minimum atomic E-state index is -0.519. The Balaban J connectivity index is 2.12. The number of rotatable bonds is 5. The Labute approximate surface area is 139 Å². The van der Waals surface area contributed by atoms with Crippen LogP contribution in [0.5, 0.6) is 0 Å². The van der Waals surface area contributed by atoms with Crippen molar-refractivity contribution in [2.45, 2.75) is 33.6 Å². The summed E-state index contributed by atoms with van der Waals surface area (Å²) in [7, 11) is 0. The topological polar surface area (TPSA) is 50.7 Å². The monoisotopic (exact) mass is 338 g/mol. The number of aryl methyl sites for hydroxylation is 1. The van der Waals surface area contributed by atoms with E-state index in [4.69, 9.17) is 16.4 Å². The summed E-state index contributed by atoms with van der Waals surface area (Å²) in [6, 6.07) is 5.80. The minimum Gasteiger partial charge on any atom is -0.320 e. The molecular weight excluding hydrogens is 320 g/mol. The number of fused-ring (bicyclic) bond motifs is 1. The summed E-state index contributed by atoms with van der Waals surface area (Å²) in [6.07, 6.45) is 1.43. The molecule has 0 bridgehead atoms. The molecule has 1 amide bonds. The number of nitrogens with zero attached hydrogens (tertiary/aromatic N) is 1. The van der Waals surface area contributed by atoms with Crippen molar-refractivity contribution in [1.82, 2.24) is 5.32 Å². The first kappa shape index (κ1) is 16.8. The van der Waals surface area contributed by atoms with E-state index >= 15 is 0 Å². The second kappa shape index (κ2) is 7.61. The number of hydrogen-bond donors (Lipinski definition) is 1. The van der Waals surface area contributed by atoms with Gasteiger partial charge in [0.05, 0.1) is 10.6 Å². The van der Waals surface area contributed by atoms with Gasteiger partial charge in [0.15, 0.2) is 0 Å². The van der Waals surface area contributed by atoms with Crippen LogP contribution < -0.4 is 5.32 Å². The number of thiophene rings is 1. The summed E-state index contributed by atoms with van der Waals surface area (Å²) in [5.74, 6) is 0. The molecule has 22 heavy (non-hydrogen) atoms. The molecule has 4 nitrogen and oxygen atoms in total. The summed E-state index contributed by atoms with van der Waals surface area (Å²) in [5.41, 5.74) is 1.78. The van der Waals surface area contributed by atoms with Crippen molar-refractivity contribution >= 4 is 44.8 Å². The van der Waals surface area contributed by atoms with E-state index in [1.165, 1.54) is 0 Å². The van der Waals surface area contributed by atoms with Crippen molar-refractivity contribution in [3.8, 4) is 0 Å². The number of unbranched alkanes of at least 4 members (excludes halogenated alkanes) is 1. The van der Waals surface area contributed by atoms with Crippen molar-refractivity contribution in [3.05, 3.63) is 33.7 Å². The Morgan fingerprint density at radius 3 is 2.95 bits per heavy atom. The van der Waals surface area contributed by atoms with Gasteiger partial charge in [-0.2, -0.15) is 0 Å². The first-order valence-electron chi connectivity index (χ1n) is 7.21. The van der Waals surface area contributed by atoms with Gasteiger partial charge in [-0.1, -0.05) is 30.1 Å². The fourth-order valence-electron chi connectivity index (χ4n) is 2.09. The van der Waals surface area contributed by atoms with Crippen molar-refractivity contribution in [2.24, 2.45) is 5.16 Å². The van der Waals surface area contributed by atoms with Gasteiger partial charge in [-0.05, 0) is 49.4 Å². The average Bonchev–Trinajstić information content (AvgIpc) is 2.82. The molecule has 0 saturated heterocycles. The van der Waals surface area contributed by atoms with Crippen LogP contribution in [0.1, 0.15) is 37.1 Å². The molecule has 2 aromatic rings. The zero-order valence-electron chi connectivity index (χ0n) is 12.9. The number of amides is 1. The predicted molar refractivity (Wildman–Crippen MR) is 93.2 cm³/mol.